The molecule has 9 nitrogen and oxygen atoms in total. The van der Waals surface area contributed by atoms with Crippen molar-refractivity contribution in [3.05, 3.63) is 54.0 Å². The highest BCUT2D eigenvalue weighted by Gasteiger charge is 2.27. The summed E-state index contributed by atoms with van der Waals surface area (Å²) < 4.78 is 5.42. The fourth-order valence-electron chi connectivity index (χ4n) is 3.62. The second-order valence-corrected chi connectivity index (χ2v) is 7.79. The van der Waals surface area contributed by atoms with E-state index in [0.717, 1.165) is 35.9 Å². The quantitative estimate of drug-likeness (QED) is 0.567. The van der Waals surface area contributed by atoms with Crippen molar-refractivity contribution >= 4 is 17.5 Å². The smallest absolute Gasteiger partial charge is 0.319 e. The van der Waals surface area contributed by atoms with Gasteiger partial charge in [0.25, 0.3) is 0 Å². The van der Waals surface area contributed by atoms with Gasteiger partial charge in [-0.15, -0.1) is 0 Å². The third-order valence-electron chi connectivity index (χ3n) is 5.49. The maximum absolute atomic E-state index is 12.4. The van der Waals surface area contributed by atoms with Crippen molar-refractivity contribution in [1.82, 2.24) is 25.5 Å². The molecular formula is C22H25N7O2. The number of aromatic amines is 1. The van der Waals surface area contributed by atoms with Crippen molar-refractivity contribution in [2.75, 3.05) is 36.5 Å². The van der Waals surface area contributed by atoms with E-state index in [-0.39, 0.29) is 6.03 Å². The van der Waals surface area contributed by atoms with Crippen LogP contribution in [0.1, 0.15) is 30.1 Å². The number of carbonyl (C=O) groups excluding carboxylic acids is 1. The van der Waals surface area contributed by atoms with E-state index in [2.05, 4.69) is 35.7 Å². The standard InChI is InChI=1S/C22H25N7O2/c30-22(24-14-17-2-1-9-23-21(17)29-10-12-31-13-11-29)25-18-7-5-16(6-8-18)20-26-19(27-28-20)15-3-4-15/h1-2,5-9,15H,3-4,10-14H2,(H2,24,25,30)(H,26,27,28). The van der Waals surface area contributed by atoms with E-state index in [1.54, 1.807) is 6.20 Å². The SMILES string of the molecule is O=C(NCc1cccnc1N1CCOCC1)Nc1ccc(-c2n[nH]c(C3CC3)n2)cc1. The molecule has 0 atom stereocenters. The van der Waals surface area contributed by atoms with Crippen LogP contribution in [0, 0.1) is 0 Å². The molecule has 3 heterocycles. The van der Waals surface area contributed by atoms with E-state index in [9.17, 15) is 4.79 Å². The summed E-state index contributed by atoms with van der Waals surface area (Å²) in [4.78, 5) is 23.7. The topological polar surface area (TPSA) is 108 Å². The molecule has 31 heavy (non-hydrogen) atoms. The second-order valence-electron chi connectivity index (χ2n) is 7.79. The van der Waals surface area contributed by atoms with Crippen molar-refractivity contribution in [2.24, 2.45) is 0 Å². The highest BCUT2D eigenvalue weighted by Crippen LogP contribution is 2.38. The maximum atomic E-state index is 12.4. The lowest BCUT2D eigenvalue weighted by molar-refractivity contribution is 0.122. The summed E-state index contributed by atoms with van der Waals surface area (Å²) >= 11 is 0. The average Bonchev–Trinajstić information content (AvgIpc) is 3.56. The number of anilines is 2. The molecule has 0 radical (unpaired) electrons. The molecule has 1 saturated carbocycles. The Bertz CT molecular complexity index is 1040. The van der Waals surface area contributed by atoms with Crippen LogP contribution in [0.5, 0.6) is 0 Å². The number of H-pyrrole nitrogens is 1. The van der Waals surface area contributed by atoms with E-state index in [4.69, 9.17) is 4.74 Å². The minimum absolute atomic E-state index is 0.265. The van der Waals surface area contributed by atoms with Crippen LogP contribution in [0.25, 0.3) is 11.4 Å². The Morgan fingerprint density at radius 1 is 1.16 bits per heavy atom. The van der Waals surface area contributed by atoms with E-state index < -0.39 is 0 Å². The molecule has 0 unspecified atom stereocenters. The minimum Gasteiger partial charge on any atom is -0.378 e. The first-order valence-electron chi connectivity index (χ1n) is 10.6. The molecule has 1 saturated heterocycles. The van der Waals surface area contributed by atoms with Crippen molar-refractivity contribution in [1.29, 1.82) is 0 Å². The summed E-state index contributed by atoms with van der Waals surface area (Å²) in [6, 6.07) is 11.1. The zero-order valence-electron chi connectivity index (χ0n) is 17.2. The van der Waals surface area contributed by atoms with Gasteiger partial charge < -0.3 is 20.3 Å². The third kappa shape index (κ3) is 4.66. The van der Waals surface area contributed by atoms with Crippen molar-refractivity contribution < 1.29 is 9.53 Å². The first kappa shape index (κ1) is 19.5. The van der Waals surface area contributed by atoms with Gasteiger partial charge in [0.05, 0.1) is 13.2 Å². The number of pyridine rings is 1. The summed E-state index contributed by atoms with van der Waals surface area (Å²) in [7, 11) is 0. The number of benzene rings is 1. The summed E-state index contributed by atoms with van der Waals surface area (Å²) in [6.07, 6.45) is 4.14. The minimum atomic E-state index is -0.265. The summed E-state index contributed by atoms with van der Waals surface area (Å²) in [5.41, 5.74) is 2.60. The highest BCUT2D eigenvalue weighted by atomic mass is 16.5. The summed E-state index contributed by atoms with van der Waals surface area (Å²) in [5, 5.41) is 13.1. The van der Waals surface area contributed by atoms with Crippen molar-refractivity contribution in [2.45, 2.75) is 25.3 Å². The summed E-state index contributed by atoms with van der Waals surface area (Å²) in [5.74, 6) is 3.08. The Kier molecular flexibility index (Phi) is 5.49. The van der Waals surface area contributed by atoms with Gasteiger partial charge in [-0.2, -0.15) is 5.10 Å². The zero-order valence-corrected chi connectivity index (χ0v) is 17.2. The number of ether oxygens (including phenoxy) is 1. The van der Waals surface area contributed by atoms with Gasteiger partial charge in [0, 0.05) is 48.6 Å². The Hall–Kier alpha value is -3.46. The molecule has 2 aromatic heterocycles. The molecular weight excluding hydrogens is 394 g/mol. The van der Waals surface area contributed by atoms with Crippen LogP contribution >= 0.6 is 0 Å². The van der Waals surface area contributed by atoms with Crippen LogP contribution < -0.4 is 15.5 Å². The molecule has 3 N–H and O–H groups in total. The molecule has 2 aliphatic rings. The lowest BCUT2D eigenvalue weighted by Crippen LogP contribution is -2.38. The number of morpholine rings is 1. The number of rotatable bonds is 6. The number of urea groups is 1. The van der Waals surface area contributed by atoms with E-state index in [1.165, 1.54) is 12.8 Å². The number of nitrogens with one attached hydrogen (secondary N) is 3. The molecule has 2 fully saturated rings. The number of hydrogen-bond donors (Lipinski definition) is 3. The fraction of sp³-hybridized carbons (Fsp3) is 0.364. The van der Waals surface area contributed by atoms with Crippen molar-refractivity contribution in [3.63, 3.8) is 0 Å². The van der Waals surface area contributed by atoms with Gasteiger partial charge in [-0.05, 0) is 43.2 Å². The Morgan fingerprint density at radius 2 is 1.97 bits per heavy atom. The molecule has 1 aliphatic heterocycles. The molecule has 1 aliphatic carbocycles. The predicted molar refractivity (Wildman–Crippen MR) is 117 cm³/mol. The monoisotopic (exact) mass is 419 g/mol. The van der Waals surface area contributed by atoms with Crippen LogP contribution in [-0.4, -0.2) is 52.5 Å². The average molecular weight is 419 g/mol. The van der Waals surface area contributed by atoms with Crippen LogP contribution in [-0.2, 0) is 11.3 Å². The molecule has 0 bridgehead atoms. The molecule has 2 amide bonds. The van der Waals surface area contributed by atoms with Crippen molar-refractivity contribution in [3.8, 4) is 11.4 Å². The molecule has 160 valence electrons. The number of carbonyl (C=O) groups is 1. The van der Waals surface area contributed by atoms with Gasteiger partial charge in [-0.3, -0.25) is 5.10 Å². The molecule has 9 heteroatoms. The van der Waals surface area contributed by atoms with Gasteiger partial charge in [-0.25, -0.2) is 14.8 Å². The first-order chi connectivity index (χ1) is 15.3. The number of amides is 2. The van der Waals surface area contributed by atoms with E-state index in [1.807, 2.05) is 36.4 Å². The number of hydrogen-bond acceptors (Lipinski definition) is 6. The normalized spacial score (nSPS) is 16.2. The lowest BCUT2D eigenvalue weighted by Gasteiger charge is -2.29. The van der Waals surface area contributed by atoms with E-state index in [0.29, 0.717) is 37.2 Å². The maximum Gasteiger partial charge on any atom is 0.319 e. The predicted octanol–water partition coefficient (Wildman–Crippen LogP) is 2.90. The molecule has 1 aromatic carbocycles. The van der Waals surface area contributed by atoms with Gasteiger partial charge in [0.15, 0.2) is 5.82 Å². The highest BCUT2D eigenvalue weighted by molar-refractivity contribution is 5.89. The number of nitrogens with zero attached hydrogens (tertiary/aromatic N) is 4. The fourth-order valence-corrected chi connectivity index (χ4v) is 3.62. The molecule has 0 spiro atoms. The molecule has 5 rings (SSSR count). The summed E-state index contributed by atoms with van der Waals surface area (Å²) in [6.45, 7) is 3.38. The lowest BCUT2D eigenvalue weighted by atomic mass is 10.2. The van der Waals surface area contributed by atoms with Gasteiger partial charge in [0.1, 0.15) is 11.6 Å². The Balaban J connectivity index is 1.17. The van der Waals surface area contributed by atoms with Gasteiger partial charge in [0.2, 0.25) is 0 Å². The van der Waals surface area contributed by atoms with Gasteiger partial charge >= 0.3 is 6.03 Å². The second kappa shape index (κ2) is 8.73. The van der Waals surface area contributed by atoms with Crippen LogP contribution in [0.3, 0.4) is 0 Å². The van der Waals surface area contributed by atoms with Crippen LogP contribution in [0.4, 0.5) is 16.3 Å². The van der Waals surface area contributed by atoms with E-state index >= 15 is 0 Å². The van der Waals surface area contributed by atoms with Crippen LogP contribution in [0.15, 0.2) is 42.6 Å². The molecule has 3 aromatic rings. The van der Waals surface area contributed by atoms with Gasteiger partial charge in [-0.1, -0.05) is 6.07 Å². The Labute approximate surface area is 180 Å². The number of aromatic nitrogens is 4. The Morgan fingerprint density at radius 3 is 2.74 bits per heavy atom. The largest absolute Gasteiger partial charge is 0.378 e. The zero-order chi connectivity index (χ0) is 21.0. The first-order valence-corrected chi connectivity index (χ1v) is 10.6. The van der Waals surface area contributed by atoms with Crippen LogP contribution in [0.2, 0.25) is 0 Å². The third-order valence-corrected chi connectivity index (χ3v) is 5.49.